The van der Waals surface area contributed by atoms with E-state index in [0.717, 1.165) is 0 Å². The lowest BCUT2D eigenvalue weighted by molar-refractivity contribution is 0.111. The van der Waals surface area contributed by atoms with Crippen molar-refractivity contribution in [3.63, 3.8) is 0 Å². The Hall–Kier alpha value is -0.550. The normalized spacial score (nSPS) is 10.6. The lowest BCUT2D eigenvalue weighted by atomic mass is 10.2. The molecule has 0 unspecified atom stereocenters. The predicted molar refractivity (Wildman–Crippen MR) is 52.2 cm³/mol. The number of halogens is 4. The van der Waals surface area contributed by atoms with Gasteiger partial charge in [-0.2, -0.15) is 0 Å². The quantitative estimate of drug-likeness (QED) is 0.629. The summed E-state index contributed by atoms with van der Waals surface area (Å²) in [7, 11) is 0. The summed E-state index contributed by atoms with van der Waals surface area (Å²) < 4.78 is 24.6. The molecular weight excluding hydrogens is 279 g/mol. The van der Waals surface area contributed by atoms with E-state index in [2.05, 4.69) is 20.9 Å². The summed E-state index contributed by atoms with van der Waals surface area (Å²) in [5, 5.41) is 0.220. The molecular formula is C8H5BrClF2NO. The minimum Gasteiger partial charge on any atom is -0.296 e. The van der Waals surface area contributed by atoms with Crippen LogP contribution in [0, 0.1) is 0 Å². The van der Waals surface area contributed by atoms with E-state index in [1.807, 2.05) is 0 Å². The second kappa shape index (κ2) is 4.79. The van der Waals surface area contributed by atoms with Crippen molar-refractivity contribution in [3.05, 3.63) is 28.0 Å². The van der Waals surface area contributed by atoms with Gasteiger partial charge in [-0.05, 0) is 11.6 Å². The van der Waals surface area contributed by atoms with Crippen molar-refractivity contribution in [1.82, 2.24) is 4.98 Å². The van der Waals surface area contributed by atoms with Gasteiger partial charge in [0, 0.05) is 5.33 Å². The maximum Gasteiger partial charge on any atom is 0.281 e. The fourth-order valence-electron chi connectivity index (χ4n) is 0.918. The number of aldehydes is 1. The van der Waals surface area contributed by atoms with Crippen LogP contribution < -0.4 is 0 Å². The van der Waals surface area contributed by atoms with Gasteiger partial charge >= 0.3 is 0 Å². The van der Waals surface area contributed by atoms with Crippen molar-refractivity contribution in [2.24, 2.45) is 0 Å². The topological polar surface area (TPSA) is 30.0 Å². The van der Waals surface area contributed by atoms with Crippen LogP contribution in [0.15, 0.2) is 6.07 Å². The summed E-state index contributed by atoms with van der Waals surface area (Å²) in [6, 6.07) is 1.31. The van der Waals surface area contributed by atoms with Crippen LogP contribution in [0.3, 0.4) is 0 Å². The predicted octanol–water partition coefficient (Wildman–Crippen LogP) is 3.38. The van der Waals surface area contributed by atoms with E-state index in [-0.39, 0.29) is 10.7 Å². The van der Waals surface area contributed by atoms with Gasteiger partial charge in [-0.15, -0.1) is 0 Å². The Bertz CT molecular complexity index is 359. The van der Waals surface area contributed by atoms with E-state index >= 15 is 0 Å². The molecule has 0 atom stereocenters. The monoisotopic (exact) mass is 283 g/mol. The third-order valence-electron chi connectivity index (χ3n) is 1.58. The molecule has 1 aromatic heterocycles. The fourth-order valence-corrected chi connectivity index (χ4v) is 1.62. The Labute approximate surface area is 92.4 Å². The highest BCUT2D eigenvalue weighted by Gasteiger charge is 2.16. The minimum atomic E-state index is -2.77. The molecule has 0 aromatic carbocycles. The first-order chi connectivity index (χ1) is 6.60. The number of carbonyl (C=O) groups is 1. The van der Waals surface area contributed by atoms with Gasteiger partial charge in [0.15, 0.2) is 6.29 Å². The second-order valence-corrected chi connectivity index (χ2v) is 3.42. The molecule has 0 amide bonds. The third-order valence-corrected chi connectivity index (χ3v) is 2.48. The first-order valence-corrected chi connectivity index (χ1v) is 5.08. The maximum absolute atomic E-state index is 12.3. The molecule has 0 bridgehead atoms. The van der Waals surface area contributed by atoms with Crippen LogP contribution in [0.2, 0.25) is 5.02 Å². The van der Waals surface area contributed by atoms with Crippen molar-refractivity contribution < 1.29 is 13.6 Å². The minimum absolute atomic E-state index is 0.0124. The average Bonchev–Trinajstić information content (AvgIpc) is 2.16. The van der Waals surface area contributed by atoms with Crippen molar-refractivity contribution >= 4 is 33.8 Å². The van der Waals surface area contributed by atoms with Gasteiger partial charge in [-0.25, -0.2) is 13.8 Å². The lowest BCUT2D eigenvalue weighted by Crippen LogP contribution is -2.00. The number of aromatic nitrogens is 1. The van der Waals surface area contributed by atoms with Gasteiger partial charge in [-0.3, -0.25) is 4.79 Å². The van der Waals surface area contributed by atoms with E-state index in [0.29, 0.717) is 17.2 Å². The number of rotatable bonds is 3. The number of nitrogens with zero attached hydrogens (tertiary/aromatic N) is 1. The number of hydrogen-bond acceptors (Lipinski definition) is 2. The summed E-state index contributed by atoms with van der Waals surface area (Å²) in [6.45, 7) is 0. The first kappa shape index (κ1) is 11.5. The van der Waals surface area contributed by atoms with Crippen LogP contribution in [0.1, 0.15) is 28.2 Å². The molecule has 14 heavy (non-hydrogen) atoms. The van der Waals surface area contributed by atoms with Crippen molar-refractivity contribution in [2.45, 2.75) is 11.8 Å². The molecule has 0 aliphatic rings. The summed E-state index contributed by atoms with van der Waals surface area (Å²) >= 11 is 8.65. The Balaban J connectivity index is 3.30. The molecule has 0 saturated carbocycles. The Kier molecular flexibility index (Phi) is 3.95. The molecule has 1 aromatic rings. The molecule has 0 radical (unpaired) electrons. The van der Waals surface area contributed by atoms with Gasteiger partial charge in [0.05, 0.1) is 5.02 Å². The van der Waals surface area contributed by atoms with Crippen LogP contribution in [0.5, 0.6) is 0 Å². The molecule has 0 aliphatic carbocycles. The van der Waals surface area contributed by atoms with Crippen LogP contribution >= 0.6 is 27.5 Å². The van der Waals surface area contributed by atoms with Crippen LogP contribution in [0.25, 0.3) is 0 Å². The van der Waals surface area contributed by atoms with Crippen molar-refractivity contribution in [3.8, 4) is 0 Å². The SMILES string of the molecule is O=Cc1nc(C(F)F)c(Cl)cc1CBr. The second-order valence-electron chi connectivity index (χ2n) is 2.45. The summed E-state index contributed by atoms with van der Waals surface area (Å²) in [5.41, 5.74) is -0.0746. The fraction of sp³-hybridized carbons (Fsp3) is 0.250. The Morgan fingerprint density at radius 2 is 2.29 bits per heavy atom. The third kappa shape index (κ3) is 2.27. The molecule has 0 spiro atoms. The van der Waals surface area contributed by atoms with Crippen LogP contribution in [-0.4, -0.2) is 11.3 Å². The molecule has 1 heterocycles. The Morgan fingerprint density at radius 3 is 2.71 bits per heavy atom. The summed E-state index contributed by atoms with van der Waals surface area (Å²) in [4.78, 5) is 14.0. The van der Waals surface area contributed by atoms with Gasteiger partial charge in [0.2, 0.25) is 0 Å². The molecule has 0 N–H and O–H groups in total. The van der Waals surface area contributed by atoms with E-state index in [1.165, 1.54) is 6.07 Å². The van der Waals surface area contributed by atoms with Crippen molar-refractivity contribution in [2.75, 3.05) is 0 Å². The number of pyridine rings is 1. The summed E-state index contributed by atoms with van der Waals surface area (Å²) in [5.74, 6) is 0. The first-order valence-electron chi connectivity index (χ1n) is 3.58. The number of alkyl halides is 3. The van der Waals surface area contributed by atoms with E-state index in [4.69, 9.17) is 11.6 Å². The van der Waals surface area contributed by atoms with E-state index in [9.17, 15) is 13.6 Å². The molecule has 0 saturated heterocycles. The molecule has 0 aliphatic heterocycles. The lowest BCUT2D eigenvalue weighted by Gasteiger charge is -2.06. The molecule has 6 heteroatoms. The molecule has 1 rings (SSSR count). The summed E-state index contributed by atoms with van der Waals surface area (Å²) in [6.07, 6.45) is -2.34. The highest BCUT2D eigenvalue weighted by atomic mass is 79.9. The Morgan fingerprint density at radius 1 is 1.64 bits per heavy atom. The van der Waals surface area contributed by atoms with Crippen molar-refractivity contribution in [1.29, 1.82) is 0 Å². The molecule has 0 fully saturated rings. The zero-order valence-corrected chi connectivity index (χ0v) is 9.15. The highest BCUT2D eigenvalue weighted by Crippen LogP contribution is 2.27. The van der Waals surface area contributed by atoms with Gasteiger partial charge in [-0.1, -0.05) is 27.5 Å². The largest absolute Gasteiger partial charge is 0.296 e. The molecule has 76 valence electrons. The van der Waals surface area contributed by atoms with E-state index < -0.39 is 12.1 Å². The van der Waals surface area contributed by atoms with Gasteiger partial charge in [0.1, 0.15) is 11.4 Å². The van der Waals surface area contributed by atoms with Crippen LogP contribution in [-0.2, 0) is 5.33 Å². The molecule has 2 nitrogen and oxygen atoms in total. The number of carbonyl (C=O) groups excluding carboxylic acids is 1. The average molecular weight is 284 g/mol. The zero-order chi connectivity index (χ0) is 10.7. The highest BCUT2D eigenvalue weighted by molar-refractivity contribution is 9.08. The van der Waals surface area contributed by atoms with Crippen LogP contribution in [0.4, 0.5) is 8.78 Å². The maximum atomic E-state index is 12.3. The van der Waals surface area contributed by atoms with E-state index in [1.54, 1.807) is 0 Å². The standard InChI is InChI=1S/C8H5BrClF2NO/c9-2-4-1-5(10)7(8(11)12)13-6(4)3-14/h1,3,8H,2H2. The van der Waals surface area contributed by atoms with Gasteiger partial charge < -0.3 is 0 Å². The zero-order valence-electron chi connectivity index (χ0n) is 6.81. The smallest absolute Gasteiger partial charge is 0.281 e. The van der Waals surface area contributed by atoms with Gasteiger partial charge in [0.25, 0.3) is 6.43 Å². The number of hydrogen-bond donors (Lipinski definition) is 0.